The van der Waals surface area contributed by atoms with Crippen LogP contribution in [0, 0.1) is 0 Å². The van der Waals surface area contributed by atoms with Crippen molar-refractivity contribution in [2.24, 2.45) is 0 Å². The summed E-state index contributed by atoms with van der Waals surface area (Å²) in [5.41, 5.74) is 7.83. The van der Waals surface area contributed by atoms with E-state index in [0.717, 1.165) is 25.3 Å². The van der Waals surface area contributed by atoms with Crippen molar-refractivity contribution in [3.63, 3.8) is 0 Å². The molecule has 0 unspecified atom stereocenters. The number of nitrogens with one attached hydrogen (secondary N) is 2. The van der Waals surface area contributed by atoms with Crippen LogP contribution in [0.15, 0.2) is 24.3 Å². The molecule has 1 aliphatic heterocycles. The average Bonchev–Trinajstić information content (AvgIpc) is 2.19. The van der Waals surface area contributed by atoms with Crippen LogP contribution >= 0.6 is 0 Å². The number of nitrogen functional groups attached to an aromatic ring is 1. The van der Waals surface area contributed by atoms with E-state index in [4.69, 9.17) is 5.73 Å². The lowest BCUT2D eigenvalue weighted by Crippen LogP contribution is -2.42. The second kappa shape index (κ2) is 3.77. The molecule has 1 aromatic carbocycles. The van der Waals surface area contributed by atoms with Crippen LogP contribution in [0.3, 0.4) is 0 Å². The zero-order valence-corrected chi connectivity index (χ0v) is 7.59. The molecule has 1 heterocycles. The summed E-state index contributed by atoms with van der Waals surface area (Å²) in [5.74, 6) is 0. The molecule has 0 amide bonds. The molecule has 2 rings (SSSR count). The molecule has 0 bridgehead atoms. The molecule has 0 saturated carbocycles. The van der Waals surface area contributed by atoms with Crippen molar-refractivity contribution in [1.29, 1.82) is 0 Å². The van der Waals surface area contributed by atoms with Crippen LogP contribution in [-0.4, -0.2) is 19.6 Å². The fraction of sp³-hybridized carbons (Fsp3) is 0.400. The summed E-state index contributed by atoms with van der Waals surface area (Å²) >= 11 is 0. The number of anilines is 1. The van der Waals surface area contributed by atoms with Gasteiger partial charge in [-0.1, -0.05) is 12.1 Å². The van der Waals surface area contributed by atoms with Crippen molar-refractivity contribution in [3.8, 4) is 0 Å². The summed E-state index contributed by atoms with van der Waals surface area (Å²) in [6.07, 6.45) is 0. The van der Waals surface area contributed by atoms with Crippen molar-refractivity contribution in [1.82, 2.24) is 10.6 Å². The van der Waals surface area contributed by atoms with Gasteiger partial charge in [-0.25, -0.2) is 0 Å². The second-order valence-electron chi connectivity index (χ2n) is 3.38. The SMILES string of the molecule is Nc1cccc([C@H]2CNCCN2)c1. The Bertz CT molecular complexity index is 279. The maximum Gasteiger partial charge on any atom is 0.0447 e. The highest BCUT2D eigenvalue weighted by Gasteiger charge is 2.13. The van der Waals surface area contributed by atoms with Crippen molar-refractivity contribution < 1.29 is 0 Å². The Morgan fingerprint density at radius 3 is 2.92 bits per heavy atom. The summed E-state index contributed by atoms with van der Waals surface area (Å²) in [6, 6.07) is 8.48. The monoisotopic (exact) mass is 177 g/mol. The van der Waals surface area contributed by atoms with Crippen LogP contribution in [0.4, 0.5) is 5.69 Å². The summed E-state index contributed by atoms with van der Waals surface area (Å²) < 4.78 is 0. The predicted octanol–water partition coefficient (Wildman–Crippen LogP) is 0.503. The van der Waals surface area contributed by atoms with Crippen molar-refractivity contribution in [2.45, 2.75) is 6.04 Å². The molecule has 1 aliphatic rings. The Morgan fingerprint density at radius 1 is 1.31 bits per heavy atom. The standard InChI is InChI=1S/C10H15N3/c11-9-3-1-2-8(6-9)10-7-12-4-5-13-10/h1-3,6,10,12-13H,4-5,7,11H2/t10-/m1/s1. The van der Waals surface area contributed by atoms with Gasteiger partial charge >= 0.3 is 0 Å². The average molecular weight is 177 g/mol. The highest BCUT2D eigenvalue weighted by molar-refractivity contribution is 5.41. The molecule has 3 nitrogen and oxygen atoms in total. The van der Waals surface area contributed by atoms with Gasteiger partial charge in [0.25, 0.3) is 0 Å². The highest BCUT2D eigenvalue weighted by Crippen LogP contribution is 2.15. The summed E-state index contributed by atoms with van der Waals surface area (Å²) in [6.45, 7) is 3.07. The van der Waals surface area contributed by atoms with E-state index < -0.39 is 0 Å². The molecular weight excluding hydrogens is 162 g/mol. The van der Waals surface area contributed by atoms with Gasteiger partial charge in [-0.05, 0) is 17.7 Å². The number of rotatable bonds is 1. The van der Waals surface area contributed by atoms with E-state index >= 15 is 0 Å². The van der Waals surface area contributed by atoms with Crippen LogP contribution in [0.2, 0.25) is 0 Å². The molecule has 0 radical (unpaired) electrons. The number of nitrogens with two attached hydrogens (primary N) is 1. The number of hydrogen-bond donors (Lipinski definition) is 3. The fourth-order valence-corrected chi connectivity index (χ4v) is 1.66. The number of hydrogen-bond acceptors (Lipinski definition) is 3. The van der Waals surface area contributed by atoms with Crippen LogP contribution in [0.1, 0.15) is 11.6 Å². The minimum absolute atomic E-state index is 0.414. The van der Waals surface area contributed by atoms with Gasteiger partial charge in [0.05, 0.1) is 0 Å². The van der Waals surface area contributed by atoms with E-state index in [1.807, 2.05) is 18.2 Å². The molecular formula is C10H15N3. The molecule has 0 aromatic heterocycles. The first-order chi connectivity index (χ1) is 6.36. The second-order valence-corrected chi connectivity index (χ2v) is 3.38. The quantitative estimate of drug-likeness (QED) is 0.548. The topological polar surface area (TPSA) is 50.1 Å². The van der Waals surface area contributed by atoms with Crippen molar-refractivity contribution in [3.05, 3.63) is 29.8 Å². The third-order valence-electron chi connectivity index (χ3n) is 2.35. The van der Waals surface area contributed by atoms with Gasteiger partial charge in [0, 0.05) is 31.4 Å². The molecule has 13 heavy (non-hydrogen) atoms. The van der Waals surface area contributed by atoms with Gasteiger partial charge in [0.1, 0.15) is 0 Å². The van der Waals surface area contributed by atoms with Crippen LogP contribution < -0.4 is 16.4 Å². The van der Waals surface area contributed by atoms with E-state index in [0.29, 0.717) is 6.04 Å². The fourth-order valence-electron chi connectivity index (χ4n) is 1.66. The lowest BCUT2D eigenvalue weighted by molar-refractivity contribution is 0.430. The van der Waals surface area contributed by atoms with Crippen LogP contribution in [0.5, 0.6) is 0 Å². The first-order valence-corrected chi connectivity index (χ1v) is 4.66. The van der Waals surface area contributed by atoms with Gasteiger partial charge in [0.15, 0.2) is 0 Å². The molecule has 0 spiro atoms. The lowest BCUT2D eigenvalue weighted by atomic mass is 10.1. The van der Waals surface area contributed by atoms with E-state index in [-0.39, 0.29) is 0 Å². The first-order valence-electron chi connectivity index (χ1n) is 4.66. The zero-order chi connectivity index (χ0) is 9.10. The first kappa shape index (κ1) is 8.53. The summed E-state index contributed by atoms with van der Waals surface area (Å²) in [4.78, 5) is 0. The Hall–Kier alpha value is -1.06. The maximum atomic E-state index is 5.72. The maximum absolute atomic E-state index is 5.72. The Morgan fingerprint density at radius 2 is 2.23 bits per heavy atom. The number of benzene rings is 1. The molecule has 1 aromatic rings. The molecule has 1 atom stereocenters. The summed E-state index contributed by atoms with van der Waals surface area (Å²) in [7, 11) is 0. The number of piperazine rings is 1. The predicted molar refractivity (Wildman–Crippen MR) is 54.5 cm³/mol. The highest BCUT2D eigenvalue weighted by atomic mass is 15.1. The Kier molecular flexibility index (Phi) is 2.47. The molecule has 0 aliphatic carbocycles. The van der Waals surface area contributed by atoms with Crippen molar-refractivity contribution >= 4 is 5.69 Å². The van der Waals surface area contributed by atoms with Crippen molar-refractivity contribution in [2.75, 3.05) is 25.4 Å². The normalized spacial score (nSPS) is 22.9. The smallest absolute Gasteiger partial charge is 0.0447 e. The van der Waals surface area contributed by atoms with Crippen LogP contribution in [0.25, 0.3) is 0 Å². The van der Waals surface area contributed by atoms with Gasteiger partial charge < -0.3 is 16.4 Å². The summed E-state index contributed by atoms with van der Waals surface area (Å²) in [5, 5.41) is 6.79. The molecule has 70 valence electrons. The third-order valence-corrected chi connectivity index (χ3v) is 2.35. The minimum atomic E-state index is 0.414. The molecule has 1 saturated heterocycles. The lowest BCUT2D eigenvalue weighted by Gasteiger charge is -2.24. The van der Waals surface area contributed by atoms with E-state index in [1.54, 1.807) is 0 Å². The van der Waals surface area contributed by atoms with E-state index in [9.17, 15) is 0 Å². The molecule has 4 N–H and O–H groups in total. The molecule has 1 fully saturated rings. The van der Waals surface area contributed by atoms with Gasteiger partial charge in [0.2, 0.25) is 0 Å². The minimum Gasteiger partial charge on any atom is -0.399 e. The third kappa shape index (κ3) is 1.99. The Labute approximate surface area is 78.3 Å². The van der Waals surface area contributed by atoms with E-state index in [1.165, 1.54) is 5.56 Å². The van der Waals surface area contributed by atoms with Gasteiger partial charge in [-0.2, -0.15) is 0 Å². The van der Waals surface area contributed by atoms with Gasteiger partial charge in [-0.15, -0.1) is 0 Å². The molecule has 3 heteroatoms. The van der Waals surface area contributed by atoms with Gasteiger partial charge in [-0.3, -0.25) is 0 Å². The Balaban J connectivity index is 2.14. The largest absolute Gasteiger partial charge is 0.399 e. The van der Waals surface area contributed by atoms with E-state index in [2.05, 4.69) is 16.7 Å². The zero-order valence-electron chi connectivity index (χ0n) is 7.59. The van der Waals surface area contributed by atoms with Crippen LogP contribution in [-0.2, 0) is 0 Å².